The van der Waals surface area contributed by atoms with Crippen molar-refractivity contribution < 1.29 is 18.4 Å². The Kier molecular flexibility index (Phi) is 9.81. The molecule has 0 bridgehead atoms. The first-order valence-corrected chi connectivity index (χ1v) is 10.3. The van der Waals surface area contributed by atoms with E-state index in [0.717, 1.165) is 25.7 Å². The molecule has 146 valence electrons. The van der Waals surface area contributed by atoms with E-state index in [1.54, 1.807) is 0 Å². The summed E-state index contributed by atoms with van der Waals surface area (Å²) in [7, 11) is 0. The highest BCUT2D eigenvalue weighted by atomic mass is 19.3. The molecule has 0 aromatic heterocycles. The van der Waals surface area contributed by atoms with Crippen LogP contribution >= 0.6 is 0 Å². The van der Waals surface area contributed by atoms with Gasteiger partial charge in [0.2, 0.25) is 5.78 Å². The molecule has 0 radical (unpaired) electrons. The van der Waals surface area contributed by atoms with Crippen molar-refractivity contribution in [3.8, 4) is 0 Å². The first kappa shape index (κ1) is 22.2. The Bertz CT molecular complexity index is 420. The first-order valence-electron chi connectivity index (χ1n) is 10.3. The van der Waals surface area contributed by atoms with Crippen LogP contribution in [-0.2, 0) is 9.59 Å². The second-order valence-electron chi connectivity index (χ2n) is 7.85. The lowest BCUT2D eigenvalue weighted by Gasteiger charge is -2.23. The van der Waals surface area contributed by atoms with E-state index in [1.807, 2.05) is 6.92 Å². The van der Waals surface area contributed by atoms with E-state index >= 15 is 0 Å². The van der Waals surface area contributed by atoms with Crippen LogP contribution in [0.5, 0.6) is 0 Å². The lowest BCUT2D eigenvalue weighted by Crippen LogP contribution is -2.36. The molecule has 3 atom stereocenters. The Labute approximate surface area is 152 Å². The molecule has 0 N–H and O–H groups in total. The molecular weight excluding hydrogens is 322 g/mol. The molecule has 0 heterocycles. The van der Waals surface area contributed by atoms with Gasteiger partial charge in [-0.1, -0.05) is 59.3 Å². The predicted octanol–water partition coefficient (Wildman–Crippen LogP) is 6.36. The third-order valence-corrected chi connectivity index (χ3v) is 5.82. The standard InChI is InChI=1S/C21H36F2O2/c1-4-6-7-8-9-11-18-17(12-14-19(18)24)13-15-20(25)21(22,23)16(3)10-5-2/h16-18H,4-15H2,1-3H3/t16-,17-,18-/m1/s1. The molecule has 0 unspecified atom stereocenters. The van der Waals surface area contributed by atoms with Gasteiger partial charge in [-0.05, 0) is 31.6 Å². The summed E-state index contributed by atoms with van der Waals surface area (Å²) in [5.74, 6) is -4.66. The van der Waals surface area contributed by atoms with Crippen LogP contribution in [0.1, 0.15) is 97.8 Å². The smallest absolute Gasteiger partial charge is 0.299 e. The van der Waals surface area contributed by atoms with Gasteiger partial charge in [0.15, 0.2) is 0 Å². The maximum Gasteiger partial charge on any atom is 0.307 e. The highest BCUT2D eigenvalue weighted by molar-refractivity contribution is 5.86. The highest BCUT2D eigenvalue weighted by Crippen LogP contribution is 2.37. The first-order chi connectivity index (χ1) is 11.8. The van der Waals surface area contributed by atoms with Crippen LogP contribution < -0.4 is 0 Å². The minimum absolute atomic E-state index is 0.00360. The van der Waals surface area contributed by atoms with Crippen molar-refractivity contribution in [1.29, 1.82) is 0 Å². The monoisotopic (exact) mass is 358 g/mol. The summed E-state index contributed by atoms with van der Waals surface area (Å²) in [6.45, 7) is 5.48. The van der Waals surface area contributed by atoms with Crippen molar-refractivity contribution in [3.63, 3.8) is 0 Å². The van der Waals surface area contributed by atoms with E-state index in [1.165, 1.54) is 26.2 Å². The summed E-state index contributed by atoms with van der Waals surface area (Å²) < 4.78 is 28.3. The van der Waals surface area contributed by atoms with Gasteiger partial charge in [0.1, 0.15) is 5.78 Å². The van der Waals surface area contributed by atoms with E-state index in [-0.39, 0.29) is 24.0 Å². The minimum atomic E-state index is -3.23. The molecule has 2 nitrogen and oxygen atoms in total. The number of rotatable bonds is 13. The maximum atomic E-state index is 14.2. The third kappa shape index (κ3) is 6.79. The van der Waals surface area contributed by atoms with Gasteiger partial charge >= 0.3 is 5.92 Å². The van der Waals surface area contributed by atoms with Crippen molar-refractivity contribution >= 4 is 11.6 Å². The van der Waals surface area contributed by atoms with E-state index in [2.05, 4.69) is 6.92 Å². The summed E-state index contributed by atoms with van der Waals surface area (Å²) in [5, 5.41) is 0. The second kappa shape index (κ2) is 11.0. The van der Waals surface area contributed by atoms with Gasteiger partial charge in [0, 0.05) is 24.7 Å². The second-order valence-corrected chi connectivity index (χ2v) is 7.85. The molecule has 1 saturated carbocycles. The third-order valence-electron chi connectivity index (χ3n) is 5.82. The lowest BCUT2D eigenvalue weighted by molar-refractivity contribution is -0.151. The zero-order valence-corrected chi connectivity index (χ0v) is 16.3. The molecule has 25 heavy (non-hydrogen) atoms. The number of hydrogen-bond donors (Lipinski definition) is 0. The summed E-state index contributed by atoms with van der Waals surface area (Å²) in [6, 6.07) is 0. The largest absolute Gasteiger partial charge is 0.307 e. The molecule has 0 aliphatic heterocycles. The predicted molar refractivity (Wildman–Crippen MR) is 97.9 cm³/mol. The summed E-state index contributed by atoms with van der Waals surface area (Å²) in [4.78, 5) is 24.1. The summed E-state index contributed by atoms with van der Waals surface area (Å²) in [5.41, 5.74) is 0. The number of hydrogen-bond acceptors (Lipinski definition) is 2. The van der Waals surface area contributed by atoms with Gasteiger partial charge in [-0.25, -0.2) is 0 Å². The van der Waals surface area contributed by atoms with Gasteiger partial charge in [-0.3, -0.25) is 9.59 Å². The molecule has 1 aliphatic carbocycles. The van der Waals surface area contributed by atoms with Crippen molar-refractivity contribution in [2.75, 3.05) is 0 Å². The van der Waals surface area contributed by atoms with E-state index in [4.69, 9.17) is 0 Å². The number of alkyl halides is 2. The normalized spacial score (nSPS) is 22.4. The van der Waals surface area contributed by atoms with Crippen molar-refractivity contribution in [1.82, 2.24) is 0 Å². The lowest BCUT2D eigenvalue weighted by atomic mass is 9.85. The maximum absolute atomic E-state index is 14.2. The van der Waals surface area contributed by atoms with Crippen LogP contribution in [0.25, 0.3) is 0 Å². The van der Waals surface area contributed by atoms with Gasteiger partial charge in [-0.2, -0.15) is 8.78 Å². The van der Waals surface area contributed by atoms with E-state index in [9.17, 15) is 18.4 Å². The fourth-order valence-corrected chi connectivity index (χ4v) is 4.06. The van der Waals surface area contributed by atoms with Gasteiger partial charge < -0.3 is 0 Å². The van der Waals surface area contributed by atoms with Crippen molar-refractivity contribution in [3.05, 3.63) is 0 Å². The quantitative estimate of drug-likeness (QED) is 0.359. The number of carbonyl (C=O) groups is 2. The fraction of sp³-hybridized carbons (Fsp3) is 0.905. The molecule has 0 saturated heterocycles. The molecule has 1 rings (SSSR count). The summed E-state index contributed by atoms with van der Waals surface area (Å²) >= 11 is 0. The van der Waals surface area contributed by atoms with Gasteiger partial charge in [0.25, 0.3) is 0 Å². The molecule has 1 fully saturated rings. The van der Waals surface area contributed by atoms with Crippen molar-refractivity contribution in [2.24, 2.45) is 17.8 Å². The Balaban J connectivity index is 2.45. The number of unbranched alkanes of at least 4 members (excludes halogenated alkanes) is 4. The zero-order valence-electron chi connectivity index (χ0n) is 16.3. The summed E-state index contributed by atoms with van der Waals surface area (Å²) in [6.07, 6.45) is 9.33. The van der Waals surface area contributed by atoms with Crippen LogP contribution in [0.4, 0.5) is 8.78 Å². The Hall–Kier alpha value is -0.800. The Morgan fingerprint density at radius 3 is 2.44 bits per heavy atom. The van der Waals surface area contributed by atoms with Crippen LogP contribution in [0.3, 0.4) is 0 Å². The number of ketones is 2. The molecule has 0 aromatic carbocycles. The van der Waals surface area contributed by atoms with Gasteiger partial charge in [-0.15, -0.1) is 0 Å². The number of carbonyl (C=O) groups excluding carboxylic acids is 2. The highest BCUT2D eigenvalue weighted by Gasteiger charge is 2.44. The van der Waals surface area contributed by atoms with Crippen molar-refractivity contribution in [2.45, 2.75) is 104 Å². The molecule has 1 aliphatic rings. The SMILES string of the molecule is CCCCCCC[C@H]1C(=O)CC[C@@H]1CCC(=O)C(F)(F)[C@H](C)CCC. The van der Waals surface area contributed by atoms with Crippen LogP contribution in [0.15, 0.2) is 0 Å². The van der Waals surface area contributed by atoms with E-state index in [0.29, 0.717) is 25.7 Å². The molecule has 4 heteroatoms. The topological polar surface area (TPSA) is 34.1 Å². The zero-order chi connectivity index (χ0) is 18.9. The Morgan fingerprint density at radius 2 is 1.80 bits per heavy atom. The average molecular weight is 359 g/mol. The Morgan fingerprint density at radius 1 is 1.12 bits per heavy atom. The number of halogens is 2. The van der Waals surface area contributed by atoms with Crippen LogP contribution in [0, 0.1) is 17.8 Å². The van der Waals surface area contributed by atoms with Crippen LogP contribution in [0.2, 0.25) is 0 Å². The molecule has 0 spiro atoms. The average Bonchev–Trinajstić information content (AvgIpc) is 2.92. The van der Waals surface area contributed by atoms with Crippen LogP contribution in [-0.4, -0.2) is 17.5 Å². The van der Waals surface area contributed by atoms with E-state index < -0.39 is 17.6 Å². The fourth-order valence-electron chi connectivity index (χ4n) is 4.06. The molecule has 0 amide bonds. The minimum Gasteiger partial charge on any atom is -0.299 e. The number of Topliss-reactive ketones (excluding diaryl/α,β-unsaturated/α-hetero) is 2. The molecule has 0 aromatic rings. The molecular formula is C21H36F2O2. The van der Waals surface area contributed by atoms with Gasteiger partial charge in [0.05, 0.1) is 0 Å².